The second kappa shape index (κ2) is 10.4. The predicted molar refractivity (Wildman–Crippen MR) is 127 cm³/mol. The van der Waals surface area contributed by atoms with Crippen LogP contribution in [0.2, 0.25) is 0 Å². The average Bonchev–Trinajstić information content (AvgIpc) is 3.45. The number of carbonyl (C=O) groups excluding carboxylic acids is 2. The Morgan fingerprint density at radius 2 is 1.68 bits per heavy atom. The average molecular weight is 576 g/mol. The molecule has 2 heterocycles. The Morgan fingerprint density at radius 1 is 1.00 bits per heavy atom. The van der Waals surface area contributed by atoms with Gasteiger partial charge in [-0.05, 0) is 48.2 Å². The number of urea groups is 1. The molecule has 0 saturated carbocycles. The first kappa shape index (κ1) is 29.3. The molecule has 1 fully saturated rings. The summed E-state index contributed by atoms with van der Waals surface area (Å²) in [5.41, 5.74) is -7.38. The lowest BCUT2D eigenvalue weighted by atomic mass is 9.87. The number of imide groups is 1. The van der Waals surface area contributed by atoms with E-state index in [2.05, 4.69) is 5.32 Å². The molecule has 4 rings (SSSR count). The molecule has 1 saturated heterocycles. The molecule has 14 heteroatoms. The number of fused-ring (bicyclic) bond motifs is 1. The monoisotopic (exact) mass is 576 g/mol. The van der Waals surface area contributed by atoms with Gasteiger partial charge in [0, 0.05) is 5.56 Å². The number of ether oxygens (including phenoxy) is 3. The van der Waals surface area contributed by atoms with E-state index in [1.807, 2.05) is 0 Å². The number of aliphatic hydroxyl groups is 1. The standard InChI is InChI=1S/C26H26F6N2O6/c1-3-5-15-12-17(24(37,25(27,28)29)26(30,31)32)7-8-18(15)38-11-10-34-21(35)23(4-2,33-22(34)36)16-6-9-19-20(13-16)40-14-39-19/h6-9,12-13,37H,3-5,10-11,14H2,1-2H3,(H,33,36). The topological polar surface area (TPSA) is 97.3 Å². The van der Waals surface area contributed by atoms with Gasteiger partial charge in [-0.15, -0.1) is 0 Å². The van der Waals surface area contributed by atoms with E-state index in [9.17, 15) is 41.0 Å². The van der Waals surface area contributed by atoms with E-state index >= 15 is 0 Å². The third kappa shape index (κ3) is 4.78. The van der Waals surface area contributed by atoms with Crippen molar-refractivity contribution in [1.82, 2.24) is 10.2 Å². The summed E-state index contributed by atoms with van der Waals surface area (Å²) in [7, 11) is 0. The van der Waals surface area contributed by atoms with Crippen molar-refractivity contribution >= 4 is 11.9 Å². The highest BCUT2D eigenvalue weighted by Crippen LogP contribution is 2.50. The summed E-state index contributed by atoms with van der Waals surface area (Å²) in [5.74, 6) is 0.313. The number of alkyl halides is 6. The fourth-order valence-electron chi connectivity index (χ4n) is 4.78. The minimum absolute atomic E-state index is 0.00705. The van der Waals surface area contributed by atoms with E-state index in [0.29, 0.717) is 35.6 Å². The molecule has 40 heavy (non-hydrogen) atoms. The van der Waals surface area contributed by atoms with Crippen molar-refractivity contribution in [1.29, 1.82) is 0 Å². The van der Waals surface area contributed by atoms with Gasteiger partial charge in [-0.3, -0.25) is 9.69 Å². The molecule has 2 aromatic rings. The number of carbonyl (C=O) groups is 2. The van der Waals surface area contributed by atoms with Crippen molar-refractivity contribution in [3.8, 4) is 17.2 Å². The molecule has 218 valence electrons. The summed E-state index contributed by atoms with van der Waals surface area (Å²) < 4.78 is 96.3. The number of amides is 3. The van der Waals surface area contributed by atoms with Crippen LogP contribution >= 0.6 is 0 Å². The smallest absolute Gasteiger partial charge is 0.430 e. The molecule has 2 aliphatic rings. The second-order valence-corrected chi connectivity index (χ2v) is 9.34. The van der Waals surface area contributed by atoms with Gasteiger partial charge in [-0.2, -0.15) is 26.3 Å². The second-order valence-electron chi connectivity index (χ2n) is 9.34. The molecular weight excluding hydrogens is 550 g/mol. The first-order valence-corrected chi connectivity index (χ1v) is 12.4. The predicted octanol–water partition coefficient (Wildman–Crippen LogP) is 4.92. The maximum atomic E-state index is 13.4. The molecule has 2 aliphatic heterocycles. The van der Waals surface area contributed by atoms with Crippen LogP contribution in [0.3, 0.4) is 0 Å². The van der Waals surface area contributed by atoms with Crippen LogP contribution in [-0.4, -0.2) is 54.2 Å². The molecule has 1 atom stereocenters. The number of benzene rings is 2. The van der Waals surface area contributed by atoms with Crippen LogP contribution in [0, 0.1) is 0 Å². The molecule has 1 unspecified atom stereocenters. The third-order valence-electron chi connectivity index (χ3n) is 6.96. The quantitative estimate of drug-likeness (QED) is 0.325. The minimum atomic E-state index is -6.02. The summed E-state index contributed by atoms with van der Waals surface area (Å²) in [5, 5.41) is 12.4. The zero-order chi connectivity index (χ0) is 29.5. The highest BCUT2D eigenvalue weighted by atomic mass is 19.4. The minimum Gasteiger partial charge on any atom is -0.491 e. The first-order chi connectivity index (χ1) is 18.7. The number of nitrogens with zero attached hydrogens (tertiary/aromatic N) is 1. The Morgan fingerprint density at radius 3 is 2.30 bits per heavy atom. The number of hydrogen-bond donors (Lipinski definition) is 2. The van der Waals surface area contributed by atoms with Crippen LogP contribution in [0.15, 0.2) is 36.4 Å². The van der Waals surface area contributed by atoms with E-state index in [1.54, 1.807) is 32.0 Å². The Hall–Kier alpha value is -3.68. The molecule has 0 spiro atoms. The van der Waals surface area contributed by atoms with Crippen molar-refractivity contribution in [3.05, 3.63) is 53.1 Å². The van der Waals surface area contributed by atoms with Crippen LogP contribution in [0.1, 0.15) is 43.4 Å². The fourth-order valence-corrected chi connectivity index (χ4v) is 4.78. The zero-order valence-electron chi connectivity index (χ0n) is 21.4. The Balaban J connectivity index is 1.52. The fraction of sp³-hybridized carbons (Fsp3) is 0.462. The molecule has 0 aliphatic carbocycles. The molecule has 0 bridgehead atoms. The molecular formula is C26H26F6N2O6. The lowest BCUT2D eigenvalue weighted by molar-refractivity contribution is -0.376. The highest BCUT2D eigenvalue weighted by molar-refractivity contribution is 6.07. The maximum absolute atomic E-state index is 13.4. The van der Waals surface area contributed by atoms with Gasteiger partial charge in [0.1, 0.15) is 17.9 Å². The van der Waals surface area contributed by atoms with Gasteiger partial charge in [0.25, 0.3) is 11.5 Å². The van der Waals surface area contributed by atoms with Gasteiger partial charge in [0.15, 0.2) is 11.5 Å². The normalized spacial score (nSPS) is 19.3. The SMILES string of the molecule is CCCc1cc(C(O)(C(F)(F)F)C(F)(F)F)ccc1OCCN1C(=O)NC(CC)(c2ccc3c(c2)OCO3)C1=O. The number of hydrogen-bond acceptors (Lipinski definition) is 6. The molecule has 2 aromatic carbocycles. The van der Waals surface area contributed by atoms with Gasteiger partial charge in [0.2, 0.25) is 6.79 Å². The van der Waals surface area contributed by atoms with Crippen molar-refractivity contribution < 1.29 is 55.2 Å². The van der Waals surface area contributed by atoms with Crippen LogP contribution in [0.4, 0.5) is 31.1 Å². The maximum Gasteiger partial charge on any atom is 0.430 e. The van der Waals surface area contributed by atoms with Gasteiger partial charge >= 0.3 is 18.4 Å². The highest BCUT2D eigenvalue weighted by Gasteiger charge is 2.71. The van der Waals surface area contributed by atoms with Gasteiger partial charge in [0.05, 0.1) is 6.54 Å². The van der Waals surface area contributed by atoms with Crippen LogP contribution in [0.5, 0.6) is 17.2 Å². The van der Waals surface area contributed by atoms with E-state index < -0.39 is 41.0 Å². The molecule has 2 N–H and O–H groups in total. The number of nitrogens with one attached hydrogen (secondary N) is 1. The molecule has 0 aromatic heterocycles. The summed E-state index contributed by atoms with van der Waals surface area (Å²) in [4.78, 5) is 27.1. The third-order valence-corrected chi connectivity index (χ3v) is 6.96. The van der Waals surface area contributed by atoms with Crippen molar-refractivity contribution in [2.45, 2.75) is 56.6 Å². The van der Waals surface area contributed by atoms with Crippen molar-refractivity contribution in [3.63, 3.8) is 0 Å². The Labute approximate surface area is 224 Å². The first-order valence-electron chi connectivity index (χ1n) is 12.4. The zero-order valence-corrected chi connectivity index (χ0v) is 21.4. The van der Waals surface area contributed by atoms with Gasteiger partial charge in [-0.25, -0.2) is 4.79 Å². The van der Waals surface area contributed by atoms with E-state index in [0.717, 1.165) is 11.0 Å². The summed E-state index contributed by atoms with van der Waals surface area (Å²) in [6.07, 6.45) is -11.5. The molecule has 8 nitrogen and oxygen atoms in total. The van der Waals surface area contributed by atoms with Crippen molar-refractivity contribution in [2.75, 3.05) is 19.9 Å². The van der Waals surface area contributed by atoms with E-state index in [1.165, 1.54) is 0 Å². The Bertz CT molecular complexity index is 1280. The van der Waals surface area contributed by atoms with E-state index in [-0.39, 0.29) is 44.1 Å². The molecule has 0 radical (unpaired) electrons. The van der Waals surface area contributed by atoms with Crippen LogP contribution < -0.4 is 19.5 Å². The van der Waals surface area contributed by atoms with Crippen LogP contribution in [0.25, 0.3) is 0 Å². The lowest BCUT2D eigenvalue weighted by Gasteiger charge is -2.33. The van der Waals surface area contributed by atoms with E-state index in [4.69, 9.17) is 14.2 Å². The number of aryl methyl sites for hydroxylation is 1. The summed E-state index contributed by atoms with van der Waals surface area (Å²) >= 11 is 0. The summed E-state index contributed by atoms with van der Waals surface area (Å²) in [6, 6.07) is 6.16. The number of rotatable bonds is 9. The van der Waals surface area contributed by atoms with Crippen molar-refractivity contribution in [2.24, 2.45) is 0 Å². The van der Waals surface area contributed by atoms with Crippen LogP contribution in [-0.2, 0) is 22.4 Å². The summed E-state index contributed by atoms with van der Waals surface area (Å²) in [6.45, 7) is 2.85. The lowest BCUT2D eigenvalue weighted by Crippen LogP contribution is -2.53. The Kier molecular flexibility index (Phi) is 7.60. The number of halogens is 6. The largest absolute Gasteiger partial charge is 0.491 e. The molecule has 3 amide bonds. The van der Waals surface area contributed by atoms with Gasteiger partial charge in [-0.1, -0.05) is 32.4 Å². The van der Waals surface area contributed by atoms with Gasteiger partial charge < -0.3 is 24.6 Å².